The number of unbranched alkanes of at least 4 members (excludes halogenated alkanes) is 2. The summed E-state index contributed by atoms with van der Waals surface area (Å²) < 4.78 is 16.7. The van der Waals surface area contributed by atoms with Gasteiger partial charge < -0.3 is 14.2 Å². The van der Waals surface area contributed by atoms with Crippen LogP contribution in [0.4, 0.5) is 0 Å². The van der Waals surface area contributed by atoms with Gasteiger partial charge in [0.2, 0.25) is 0 Å². The van der Waals surface area contributed by atoms with E-state index in [0.29, 0.717) is 56.0 Å². The van der Waals surface area contributed by atoms with Gasteiger partial charge in [-0.2, -0.15) is 0 Å². The Bertz CT molecular complexity index is 1240. The van der Waals surface area contributed by atoms with Gasteiger partial charge >= 0.3 is 11.9 Å². The molecule has 0 N–H and O–H groups in total. The van der Waals surface area contributed by atoms with Crippen molar-refractivity contribution >= 4 is 11.9 Å². The van der Waals surface area contributed by atoms with E-state index in [1.807, 2.05) is 0 Å². The normalized spacial score (nSPS) is 16.2. The second-order valence-electron chi connectivity index (χ2n) is 12.9. The second kappa shape index (κ2) is 18.6. The van der Waals surface area contributed by atoms with Gasteiger partial charge in [0.15, 0.2) is 0 Å². The lowest BCUT2D eigenvalue weighted by molar-refractivity contribution is -0.139. The van der Waals surface area contributed by atoms with Crippen LogP contribution in [0, 0.1) is 5.92 Å². The van der Waals surface area contributed by atoms with Crippen molar-refractivity contribution in [2.75, 3.05) is 20.3 Å². The highest BCUT2D eigenvalue weighted by Crippen LogP contribution is 2.40. The number of benzene rings is 2. The average molecular weight is 617 g/mol. The number of ether oxygens (including phenoxy) is 3. The van der Waals surface area contributed by atoms with Crippen LogP contribution in [0.5, 0.6) is 5.75 Å². The Kier molecular flexibility index (Phi) is 14.9. The molecule has 0 bridgehead atoms. The van der Waals surface area contributed by atoms with E-state index in [1.165, 1.54) is 73.6 Å². The maximum absolute atomic E-state index is 11.9. The molecular weight excluding hydrogens is 560 g/mol. The first-order valence-corrected chi connectivity index (χ1v) is 17.2. The number of hydrogen-bond acceptors (Lipinski definition) is 5. The van der Waals surface area contributed by atoms with Crippen molar-refractivity contribution in [2.45, 2.75) is 117 Å². The average Bonchev–Trinajstić information content (AvgIpc) is 3.04. The maximum atomic E-state index is 11.9. The van der Waals surface area contributed by atoms with Gasteiger partial charge in [-0.05, 0) is 129 Å². The highest BCUT2D eigenvalue weighted by molar-refractivity contribution is 5.87. The number of carbonyl (C=O) groups excluding carboxylic acids is 2. The fraction of sp³-hybridized carbons (Fsp3) is 0.550. The van der Waals surface area contributed by atoms with Crippen LogP contribution in [-0.2, 0) is 38.3 Å². The summed E-state index contributed by atoms with van der Waals surface area (Å²) in [5.74, 6) is 1.68. The van der Waals surface area contributed by atoms with Gasteiger partial charge in [-0.15, -0.1) is 0 Å². The zero-order valence-corrected chi connectivity index (χ0v) is 28.6. The summed E-state index contributed by atoms with van der Waals surface area (Å²) in [6, 6.07) is 11.6. The fourth-order valence-corrected chi connectivity index (χ4v) is 6.55. The Morgan fingerprint density at radius 2 is 1.36 bits per heavy atom. The van der Waals surface area contributed by atoms with Crippen molar-refractivity contribution in [3.8, 4) is 16.9 Å². The Morgan fingerprint density at radius 3 is 1.84 bits per heavy atom. The molecule has 1 saturated carbocycles. The van der Waals surface area contributed by atoms with Crippen LogP contribution in [0.2, 0.25) is 0 Å². The van der Waals surface area contributed by atoms with Gasteiger partial charge in [0.1, 0.15) is 5.75 Å². The molecular formula is C40H56O5. The molecule has 0 saturated heterocycles. The van der Waals surface area contributed by atoms with E-state index in [9.17, 15) is 9.59 Å². The number of methoxy groups -OCH3 is 1. The van der Waals surface area contributed by atoms with E-state index in [0.717, 1.165) is 29.2 Å². The molecule has 0 heterocycles. The fourth-order valence-electron chi connectivity index (χ4n) is 6.55. The van der Waals surface area contributed by atoms with E-state index >= 15 is 0 Å². The quantitative estimate of drug-likeness (QED) is 0.0948. The van der Waals surface area contributed by atoms with E-state index in [2.05, 4.69) is 57.3 Å². The van der Waals surface area contributed by atoms with Crippen molar-refractivity contribution < 1.29 is 23.8 Å². The molecule has 2 aromatic carbocycles. The highest BCUT2D eigenvalue weighted by Gasteiger charge is 2.23. The molecule has 1 aliphatic rings. The standard InChI is InChI=1S/C40H56O5/c1-8-10-11-14-30-17-19-32(20-18-30)33-21-22-37(31(9-2)25-33)36-26-34(15-12-23-44-39(41)28(3)4)38(43-7)35(27-36)16-13-24-45-40(42)29(5)6/h21-22,25-27,30,32H,3,5,8-20,23-24H2,1-2,4,6-7H3. The summed E-state index contributed by atoms with van der Waals surface area (Å²) in [5.41, 5.74) is 8.25. The Morgan fingerprint density at radius 1 is 0.778 bits per heavy atom. The van der Waals surface area contributed by atoms with Gasteiger partial charge in [-0.25, -0.2) is 9.59 Å². The Labute approximate surface area is 272 Å². The summed E-state index contributed by atoms with van der Waals surface area (Å²) in [6.07, 6.45) is 14.5. The number of esters is 2. The van der Waals surface area contributed by atoms with Gasteiger partial charge in [0.25, 0.3) is 0 Å². The number of rotatable bonds is 18. The third-order valence-corrected chi connectivity index (χ3v) is 9.15. The van der Waals surface area contributed by atoms with Gasteiger partial charge in [0, 0.05) is 11.1 Å². The first kappa shape index (κ1) is 36.1. The predicted octanol–water partition coefficient (Wildman–Crippen LogP) is 9.88. The number of carbonyl (C=O) groups is 2. The lowest BCUT2D eigenvalue weighted by Crippen LogP contribution is -2.13. The SMILES string of the molecule is C=C(C)C(=O)OCCCc1cc(-c2ccc(C3CCC(CCCCC)CC3)cc2CC)cc(CCCOC(=O)C(=C)C)c1OC. The zero-order chi connectivity index (χ0) is 32.8. The van der Waals surface area contributed by atoms with E-state index in [1.54, 1.807) is 21.0 Å². The molecule has 5 nitrogen and oxygen atoms in total. The van der Waals surface area contributed by atoms with Crippen molar-refractivity contribution in [1.82, 2.24) is 0 Å². The number of aryl methyl sites for hydroxylation is 3. The summed E-state index contributed by atoms with van der Waals surface area (Å²) in [7, 11) is 1.70. The van der Waals surface area contributed by atoms with E-state index < -0.39 is 0 Å². The van der Waals surface area contributed by atoms with Gasteiger partial charge in [0.05, 0.1) is 20.3 Å². The van der Waals surface area contributed by atoms with Crippen LogP contribution in [0.1, 0.15) is 120 Å². The lowest BCUT2D eigenvalue weighted by Gasteiger charge is -2.29. The molecule has 0 amide bonds. The maximum Gasteiger partial charge on any atom is 0.333 e. The Balaban J connectivity index is 1.84. The van der Waals surface area contributed by atoms with Crippen LogP contribution >= 0.6 is 0 Å². The smallest absolute Gasteiger partial charge is 0.333 e. The molecule has 0 atom stereocenters. The molecule has 45 heavy (non-hydrogen) atoms. The van der Waals surface area contributed by atoms with Crippen LogP contribution in [0.15, 0.2) is 54.6 Å². The lowest BCUT2D eigenvalue weighted by atomic mass is 9.76. The van der Waals surface area contributed by atoms with Crippen molar-refractivity contribution in [1.29, 1.82) is 0 Å². The van der Waals surface area contributed by atoms with Crippen LogP contribution < -0.4 is 4.74 Å². The van der Waals surface area contributed by atoms with Crippen molar-refractivity contribution in [3.63, 3.8) is 0 Å². The molecule has 0 aliphatic heterocycles. The Hall–Kier alpha value is -3.34. The monoisotopic (exact) mass is 616 g/mol. The zero-order valence-electron chi connectivity index (χ0n) is 28.6. The van der Waals surface area contributed by atoms with Crippen molar-refractivity contribution in [2.24, 2.45) is 5.92 Å². The summed E-state index contributed by atoms with van der Waals surface area (Å²) in [5, 5.41) is 0. The van der Waals surface area contributed by atoms with Crippen molar-refractivity contribution in [3.05, 3.63) is 76.9 Å². The van der Waals surface area contributed by atoms with E-state index in [4.69, 9.17) is 14.2 Å². The highest BCUT2D eigenvalue weighted by atomic mass is 16.5. The predicted molar refractivity (Wildman–Crippen MR) is 185 cm³/mol. The second-order valence-corrected chi connectivity index (χ2v) is 12.9. The van der Waals surface area contributed by atoms with Crippen LogP contribution in [0.25, 0.3) is 11.1 Å². The topological polar surface area (TPSA) is 61.8 Å². The molecule has 0 aromatic heterocycles. The molecule has 0 unspecified atom stereocenters. The number of hydrogen-bond donors (Lipinski definition) is 0. The van der Waals surface area contributed by atoms with Gasteiger partial charge in [-0.3, -0.25) is 0 Å². The molecule has 246 valence electrons. The first-order chi connectivity index (χ1) is 21.7. The minimum Gasteiger partial charge on any atom is -0.496 e. The molecule has 0 spiro atoms. The summed E-state index contributed by atoms with van der Waals surface area (Å²) in [6.45, 7) is 15.8. The molecule has 2 aromatic rings. The van der Waals surface area contributed by atoms with Gasteiger partial charge in [-0.1, -0.05) is 70.9 Å². The summed E-state index contributed by atoms with van der Waals surface area (Å²) in [4.78, 5) is 23.8. The van der Waals surface area contributed by atoms with Crippen LogP contribution in [0.3, 0.4) is 0 Å². The molecule has 1 fully saturated rings. The molecule has 1 aliphatic carbocycles. The third kappa shape index (κ3) is 10.9. The minimum atomic E-state index is -0.363. The first-order valence-electron chi connectivity index (χ1n) is 17.2. The minimum absolute atomic E-state index is 0.320. The molecule has 0 radical (unpaired) electrons. The molecule has 5 heteroatoms. The van der Waals surface area contributed by atoms with E-state index in [-0.39, 0.29) is 11.9 Å². The molecule has 3 rings (SSSR count). The third-order valence-electron chi connectivity index (χ3n) is 9.15. The summed E-state index contributed by atoms with van der Waals surface area (Å²) >= 11 is 0. The largest absolute Gasteiger partial charge is 0.496 e. The van der Waals surface area contributed by atoms with Crippen LogP contribution in [-0.4, -0.2) is 32.3 Å².